The van der Waals surface area contributed by atoms with Crippen LogP contribution in [0.3, 0.4) is 0 Å². The molecule has 0 bridgehead atoms. The number of amides is 1. The molecule has 82 valence electrons. The van der Waals surface area contributed by atoms with Gasteiger partial charge in [0.2, 0.25) is 0 Å². The summed E-state index contributed by atoms with van der Waals surface area (Å²) in [7, 11) is 1.87. The molecule has 0 radical (unpaired) electrons. The van der Waals surface area contributed by atoms with Crippen LogP contribution >= 0.6 is 0 Å². The third-order valence-electron chi connectivity index (χ3n) is 3.32. The average molecular weight is 207 g/mol. The highest BCUT2D eigenvalue weighted by molar-refractivity contribution is 5.95. The number of carbonyl (C=O) groups excluding carboxylic acids is 1. The van der Waals surface area contributed by atoms with E-state index in [2.05, 4.69) is 6.92 Å². The molecule has 1 amide bonds. The average Bonchev–Trinajstić information content (AvgIpc) is 2.98. The van der Waals surface area contributed by atoms with Crippen molar-refractivity contribution in [3.8, 4) is 0 Å². The first-order valence-electron chi connectivity index (χ1n) is 5.42. The largest absolute Gasteiger partial charge is 0.469 e. The van der Waals surface area contributed by atoms with Gasteiger partial charge in [-0.15, -0.1) is 0 Å². The zero-order chi connectivity index (χ0) is 11.0. The number of rotatable bonds is 3. The van der Waals surface area contributed by atoms with Gasteiger partial charge in [-0.05, 0) is 38.7 Å². The molecule has 0 N–H and O–H groups in total. The van der Waals surface area contributed by atoms with Crippen molar-refractivity contribution in [2.24, 2.45) is 5.92 Å². The minimum absolute atomic E-state index is 0.0700. The molecule has 1 heterocycles. The van der Waals surface area contributed by atoms with E-state index in [1.165, 1.54) is 12.8 Å². The number of nitrogens with zero attached hydrogens (tertiary/aromatic N) is 1. The van der Waals surface area contributed by atoms with Crippen LogP contribution in [-0.2, 0) is 0 Å². The summed E-state index contributed by atoms with van der Waals surface area (Å²) < 4.78 is 5.14. The van der Waals surface area contributed by atoms with Gasteiger partial charge < -0.3 is 9.32 Å². The Bertz CT molecular complexity index is 365. The van der Waals surface area contributed by atoms with Gasteiger partial charge in [0.25, 0.3) is 5.91 Å². The van der Waals surface area contributed by atoms with E-state index in [4.69, 9.17) is 4.42 Å². The molecule has 3 heteroatoms. The van der Waals surface area contributed by atoms with Crippen molar-refractivity contribution in [3.05, 3.63) is 23.7 Å². The first-order valence-corrected chi connectivity index (χ1v) is 5.42. The second-order valence-corrected chi connectivity index (χ2v) is 4.38. The van der Waals surface area contributed by atoms with Gasteiger partial charge in [-0.25, -0.2) is 0 Å². The highest BCUT2D eigenvalue weighted by Gasteiger charge is 2.33. The van der Waals surface area contributed by atoms with Crippen LogP contribution in [0.15, 0.2) is 16.7 Å². The summed E-state index contributed by atoms with van der Waals surface area (Å²) in [6.45, 7) is 3.94. The second-order valence-electron chi connectivity index (χ2n) is 4.38. The lowest BCUT2D eigenvalue weighted by Crippen LogP contribution is -2.36. The molecule has 1 aliphatic rings. The molecule has 0 unspecified atom stereocenters. The summed E-state index contributed by atoms with van der Waals surface area (Å²) in [5.74, 6) is 1.47. The zero-order valence-electron chi connectivity index (χ0n) is 9.49. The van der Waals surface area contributed by atoms with E-state index < -0.39 is 0 Å². The summed E-state index contributed by atoms with van der Waals surface area (Å²) in [5, 5.41) is 0. The maximum absolute atomic E-state index is 12.1. The van der Waals surface area contributed by atoms with Crippen LogP contribution in [0, 0.1) is 12.8 Å². The summed E-state index contributed by atoms with van der Waals surface area (Å²) in [4.78, 5) is 13.9. The van der Waals surface area contributed by atoms with E-state index in [-0.39, 0.29) is 5.91 Å². The van der Waals surface area contributed by atoms with Crippen molar-refractivity contribution in [2.45, 2.75) is 32.7 Å². The summed E-state index contributed by atoms with van der Waals surface area (Å²) >= 11 is 0. The van der Waals surface area contributed by atoms with Crippen molar-refractivity contribution in [2.75, 3.05) is 7.05 Å². The topological polar surface area (TPSA) is 33.5 Å². The molecule has 0 aliphatic heterocycles. The quantitative estimate of drug-likeness (QED) is 0.762. The van der Waals surface area contributed by atoms with Crippen molar-refractivity contribution in [1.29, 1.82) is 0 Å². The summed E-state index contributed by atoms with van der Waals surface area (Å²) in [6.07, 6.45) is 4.07. The number of hydrogen-bond acceptors (Lipinski definition) is 2. The Labute approximate surface area is 90.1 Å². The lowest BCUT2D eigenvalue weighted by atomic mass is 10.1. The monoisotopic (exact) mass is 207 g/mol. The van der Waals surface area contributed by atoms with Crippen molar-refractivity contribution < 1.29 is 9.21 Å². The molecule has 1 atom stereocenters. The van der Waals surface area contributed by atoms with E-state index in [0.29, 0.717) is 23.3 Å². The Kier molecular flexibility index (Phi) is 2.55. The van der Waals surface area contributed by atoms with Gasteiger partial charge in [0.05, 0.1) is 11.8 Å². The van der Waals surface area contributed by atoms with Crippen LogP contribution in [0.2, 0.25) is 0 Å². The highest BCUT2D eigenvalue weighted by atomic mass is 16.3. The molecule has 0 spiro atoms. The number of furan rings is 1. The molecule has 1 saturated carbocycles. The predicted octanol–water partition coefficient (Wildman–Crippen LogP) is 2.46. The number of aryl methyl sites for hydroxylation is 1. The fraction of sp³-hybridized carbons (Fsp3) is 0.583. The molecule has 2 rings (SSSR count). The summed E-state index contributed by atoms with van der Waals surface area (Å²) in [6, 6.07) is 2.08. The Balaban J connectivity index is 2.10. The molecule has 1 aromatic heterocycles. The van der Waals surface area contributed by atoms with Crippen LogP contribution in [0.25, 0.3) is 0 Å². The minimum atomic E-state index is 0.0700. The van der Waals surface area contributed by atoms with Crippen molar-refractivity contribution in [3.63, 3.8) is 0 Å². The predicted molar refractivity (Wildman–Crippen MR) is 57.7 cm³/mol. The first kappa shape index (κ1) is 10.3. The number of carbonyl (C=O) groups is 1. The second kappa shape index (κ2) is 3.72. The van der Waals surface area contributed by atoms with Gasteiger partial charge in [0.15, 0.2) is 0 Å². The lowest BCUT2D eigenvalue weighted by molar-refractivity contribution is 0.0725. The molecular weight excluding hydrogens is 190 g/mol. The Morgan fingerprint density at radius 3 is 2.73 bits per heavy atom. The summed E-state index contributed by atoms with van der Waals surface area (Å²) in [5.41, 5.74) is 0.685. The van der Waals surface area contributed by atoms with Gasteiger partial charge in [0, 0.05) is 13.1 Å². The fourth-order valence-corrected chi connectivity index (χ4v) is 1.88. The zero-order valence-corrected chi connectivity index (χ0v) is 9.49. The normalized spacial score (nSPS) is 17.5. The molecule has 0 aromatic carbocycles. The van der Waals surface area contributed by atoms with Gasteiger partial charge >= 0.3 is 0 Å². The SMILES string of the molecule is Cc1occc1C(=O)N(C)[C@@H](C)C1CC1. The van der Waals surface area contributed by atoms with Crippen LogP contribution in [0.5, 0.6) is 0 Å². The first-order chi connectivity index (χ1) is 7.11. The van der Waals surface area contributed by atoms with Crippen LogP contribution in [0.1, 0.15) is 35.9 Å². The molecule has 3 nitrogen and oxygen atoms in total. The van der Waals surface area contributed by atoms with Gasteiger partial charge in [-0.1, -0.05) is 0 Å². The van der Waals surface area contributed by atoms with Gasteiger partial charge in [-0.2, -0.15) is 0 Å². The van der Waals surface area contributed by atoms with E-state index >= 15 is 0 Å². The van der Waals surface area contributed by atoms with E-state index in [9.17, 15) is 4.79 Å². The van der Waals surface area contributed by atoms with Crippen LogP contribution in [-0.4, -0.2) is 23.9 Å². The van der Waals surface area contributed by atoms with E-state index in [0.717, 1.165) is 0 Å². The van der Waals surface area contributed by atoms with E-state index in [1.807, 2.05) is 18.9 Å². The van der Waals surface area contributed by atoms with Gasteiger partial charge in [-0.3, -0.25) is 4.79 Å². The van der Waals surface area contributed by atoms with Crippen molar-refractivity contribution >= 4 is 5.91 Å². The van der Waals surface area contributed by atoms with Crippen LogP contribution < -0.4 is 0 Å². The molecular formula is C12H17NO2. The third-order valence-corrected chi connectivity index (χ3v) is 3.32. The van der Waals surface area contributed by atoms with Gasteiger partial charge in [0.1, 0.15) is 5.76 Å². The molecule has 1 aliphatic carbocycles. The standard InChI is InChI=1S/C12H17NO2/c1-8(10-4-5-10)13(3)12(14)11-6-7-15-9(11)2/h6-8,10H,4-5H2,1-3H3/t8-/m0/s1. The maximum atomic E-state index is 12.1. The fourth-order valence-electron chi connectivity index (χ4n) is 1.88. The molecule has 0 saturated heterocycles. The lowest BCUT2D eigenvalue weighted by Gasteiger charge is -2.24. The molecule has 15 heavy (non-hydrogen) atoms. The maximum Gasteiger partial charge on any atom is 0.257 e. The van der Waals surface area contributed by atoms with Crippen molar-refractivity contribution in [1.82, 2.24) is 4.90 Å². The minimum Gasteiger partial charge on any atom is -0.469 e. The molecule has 1 aromatic rings. The number of hydrogen-bond donors (Lipinski definition) is 0. The highest BCUT2D eigenvalue weighted by Crippen LogP contribution is 2.35. The van der Waals surface area contributed by atoms with E-state index in [1.54, 1.807) is 12.3 Å². The molecule has 1 fully saturated rings. The smallest absolute Gasteiger partial charge is 0.257 e. The van der Waals surface area contributed by atoms with Crippen LogP contribution in [0.4, 0.5) is 0 Å². The Morgan fingerprint density at radius 1 is 1.60 bits per heavy atom. The Morgan fingerprint density at radius 2 is 2.27 bits per heavy atom. The Hall–Kier alpha value is -1.25. The third kappa shape index (κ3) is 1.91.